The number of carbonyl (C=O) groups is 1. The lowest BCUT2D eigenvalue weighted by Gasteiger charge is -2.34. The first-order valence-corrected chi connectivity index (χ1v) is 7.52. The number of β-amino-alcohol motifs (C(OH)–C–C–N with tert-alkyl or cyclic N) is 1. The average molecular weight is 270 g/mol. The first-order chi connectivity index (χ1) is 9.29. The summed E-state index contributed by atoms with van der Waals surface area (Å²) in [5.74, 6) is 0.120. The van der Waals surface area contributed by atoms with Crippen LogP contribution in [-0.4, -0.2) is 72.9 Å². The second-order valence-corrected chi connectivity index (χ2v) is 5.52. The zero-order valence-corrected chi connectivity index (χ0v) is 11.7. The highest BCUT2D eigenvalue weighted by Crippen LogP contribution is 2.20. The Morgan fingerprint density at radius 2 is 1.79 bits per heavy atom. The number of hydrogen-bond donors (Lipinski definition) is 1. The molecule has 2 rings (SSSR count). The Hall–Kier alpha value is -0.650. The summed E-state index contributed by atoms with van der Waals surface area (Å²) < 4.78 is 5.73. The van der Waals surface area contributed by atoms with E-state index in [0.717, 1.165) is 39.0 Å². The van der Waals surface area contributed by atoms with Crippen LogP contribution < -0.4 is 0 Å². The second-order valence-electron chi connectivity index (χ2n) is 5.52. The molecule has 0 spiro atoms. The van der Waals surface area contributed by atoms with E-state index >= 15 is 0 Å². The van der Waals surface area contributed by atoms with Crippen molar-refractivity contribution in [2.24, 2.45) is 0 Å². The summed E-state index contributed by atoms with van der Waals surface area (Å²) in [6, 6.07) is 0. The molecule has 1 saturated carbocycles. The third-order valence-corrected chi connectivity index (χ3v) is 4.14. The van der Waals surface area contributed by atoms with Crippen LogP contribution in [0.3, 0.4) is 0 Å². The van der Waals surface area contributed by atoms with Crippen LogP contribution in [0.15, 0.2) is 0 Å². The molecule has 0 bridgehead atoms. The third-order valence-electron chi connectivity index (χ3n) is 4.14. The number of hydrogen-bond acceptors (Lipinski definition) is 4. The Balaban J connectivity index is 1.63. The van der Waals surface area contributed by atoms with Gasteiger partial charge in [0, 0.05) is 32.7 Å². The van der Waals surface area contributed by atoms with Gasteiger partial charge in [-0.05, 0) is 12.8 Å². The molecule has 0 aromatic heterocycles. The van der Waals surface area contributed by atoms with E-state index in [0.29, 0.717) is 12.6 Å². The molecule has 2 aliphatic rings. The third kappa shape index (κ3) is 4.75. The molecule has 0 unspecified atom stereocenters. The highest BCUT2D eigenvalue weighted by molar-refractivity contribution is 5.77. The minimum absolute atomic E-state index is 0.120. The van der Waals surface area contributed by atoms with Crippen LogP contribution in [-0.2, 0) is 9.53 Å². The molecule has 1 heterocycles. The fourth-order valence-electron chi connectivity index (χ4n) is 2.87. The largest absolute Gasteiger partial charge is 0.395 e. The smallest absolute Gasteiger partial charge is 0.248 e. The average Bonchev–Trinajstić information content (AvgIpc) is 2.47. The monoisotopic (exact) mass is 270 g/mol. The highest BCUT2D eigenvalue weighted by Gasteiger charge is 2.22. The Bertz CT molecular complexity index is 272. The molecule has 0 aromatic rings. The van der Waals surface area contributed by atoms with Crippen LogP contribution >= 0.6 is 0 Å². The molecular weight excluding hydrogens is 244 g/mol. The van der Waals surface area contributed by atoms with Gasteiger partial charge in [0.2, 0.25) is 5.91 Å². The predicted octanol–water partition coefficient (Wildman–Crippen LogP) is 0.472. The minimum atomic E-state index is 0.120. The minimum Gasteiger partial charge on any atom is -0.395 e. The number of rotatable bonds is 5. The van der Waals surface area contributed by atoms with Crippen molar-refractivity contribution in [3.05, 3.63) is 0 Å². The van der Waals surface area contributed by atoms with Gasteiger partial charge in [-0.2, -0.15) is 0 Å². The van der Waals surface area contributed by atoms with Crippen LogP contribution in [0.5, 0.6) is 0 Å². The van der Waals surface area contributed by atoms with E-state index in [1.807, 2.05) is 4.90 Å². The lowest BCUT2D eigenvalue weighted by atomic mass is 9.98. The quantitative estimate of drug-likeness (QED) is 0.789. The van der Waals surface area contributed by atoms with Gasteiger partial charge in [-0.3, -0.25) is 9.69 Å². The maximum absolute atomic E-state index is 12.0. The molecule has 2 fully saturated rings. The SMILES string of the molecule is O=C(COC1CCCCC1)N1CCN(CCO)CC1. The molecule has 19 heavy (non-hydrogen) atoms. The van der Waals surface area contributed by atoms with E-state index in [-0.39, 0.29) is 19.1 Å². The topological polar surface area (TPSA) is 53.0 Å². The van der Waals surface area contributed by atoms with Gasteiger partial charge in [0.15, 0.2) is 0 Å². The maximum Gasteiger partial charge on any atom is 0.248 e. The maximum atomic E-state index is 12.0. The van der Waals surface area contributed by atoms with Crippen molar-refractivity contribution < 1.29 is 14.6 Å². The van der Waals surface area contributed by atoms with E-state index < -0.39 is 0 Å². The van der Waals surface area contributed by atoms with Gasteiger partial charge in [0.25, 0.3) is 0 Å². The van der Waals surface area contributed by atoms with Crippen LogP contribution in [0.2, 0.25) is 0 Å². The molecule has 1 aliphatic carbocycles. The number of carbonyl (C=O) groups excluding carboxylic acids is 1. The molecule has 0 radical (unpaired) electrons. The summed E-state index contributed by atoms with van der Waals surface area (Å²) in [6.07, 6.45) is 6.29. The normalized spacial score (nSPS) is 22.7. The van der Waals surface area contributed by atoms with Crippen LogP contribution in [0.25, 0.3) is 0 Å². The van der Waals surface area contributed by atoms with E-state index in [1.165, 1.54) is 19.3 Å². The lowest BCUT2D eigenvalue weighted by molar-refractivity contribution is -0.140. The van der Waals surface area contributed by atoms with E-state index in [1.54, 1.807) is 0 Å². The first kappa shape index (κ1) is 14.8. The molecule has 5 heteroatoms. The number of nitrogens with zero attached hydrogens (tertiary/aromatic N) is 2. The highest BCUT2D eigenvalue weighted by atomic mass is 16.5. The summed E-state index contributed by atoms with van der Waals surface area (Å²) in [5.41, 5.74) is 0. The van der Waals surface area contributed by atoms with Gasteiger partial charge in [0.1, 0.15) is 6.61 Å². The van der Waals surface area contributed by atoms with Gasteiger partial charge < -0.3 is 14.7 Å². The van der Waals surface area contributed by atoms with Crippen molar-refractivity contribution in [1.29, 1.82) is 0 Å². The fourth-order valence-corrected chi connectivity index (χ4v) is 2.87. The summed E-state index contributed by atoms with van der Waals surface area (Å²) in [6.45, 7) is 4.37. The van der Waals surface area contributed by atoms with Crippen molar-refractivity contribution in [2.75, 3.05) is 45.9 Å². The van der Waals surface area contributed by atoms with E-state index in [9.17, 15) is 4.79 Å². The Morgan fingerprint density at radius 1 is 1.11 bits per heavy atom. The fraction of sp³-hybridized carbons (Fsp3) is 0.929. The van der Waals surface area contributed by atoms with Crippen LogP contribution in [0.1, 0.15) is 32.1 Å². The van der Waals surface area contributed by atoms with Gasteiger partial charge in [-0.25, -0.2) is 0 Å². The van der Waals surface area contributed by atoms with Crippen molar-refractivity contribution in [2.45, 2.75) is 38.2 Å². The zero-order valence-electron chi connectivity index (χ0n) is 11.7. The molecule has 110 valence electrons. The number of piperazine rings is 1. The molecule has 1 amide bonds. The van der Waals surface area contributed by atoms with Gasteiger partial charge >= 0.3 is 0 Å². The number of aliphatic hydroxyl groups excluding tert-OH is 1. The first-order valence-electron chi connectivity index (χ1n) is 7.52. The Kier molecular flexibility index (Phi) is 6.07. The summed E-state index contributed by atoms with van der Waals surface area (Å²) >= 11 is 0. The number of amides is 1. The second kappa shape index (κ2) is 7.82. The predicted molar refractivity (Wildman–Crippen MR) is 72.9 cm³/mol. The molecular formula is C14H26N2O3. The van der Waals surface area contributed by atoms with Crippen molar-refractivity contribution in [3.63, 3.8) is 0 Å². The number of aliphatic hydroxyl groups is 1. The van der Waals surface area contributed by atoms with Gasteiger partial charge in [-0.15, -0.1) is 0 Å². The molecule has 5 nitrogen and oxygen atoms in total. The van der Waals surface area contributed by atoms with Crippen molar-refractivity contribution >= 4 is 5.91 Å². The lowest BCUT2D eigenvalue weighted by Crippen LogP contribution is -2.50. The summed E-state index contributed by atoms with van der Waals surface area (Å²) in [5, 5.41) is 8.88. The van der Waals surface area contributed by atoms with Crippen LogP contribution in [0, 0.1) is 0 Å². The summed E-state index contributed by atoms with van der Waals surface area (Å²) in [7, 11) is 0. The molecule has 1 N–H and O–H groups in total. The van der Waals surface area contributed by atoms with Gasteiger partial charge in [0.05, 0.1) is 12.7 Å². The van der Waals surface area contributed by atoms with Crippen molar-refractivity contribution in [3.8, 4) is 0 Å². The van der Waals surface area contributed by atoms with Crippen LogP contribution in [0.4, 0.5) is 0 Å². The number of ether oxygens (including phenoxy) is 1. The summed E-state index contributed by atoms with van der Waals surface area (Å²) in [4.78, 5) is 16.1. The zero-order chi connectivity index (χ0) is 13.5. The van der Waals surface area contributed by atoms with Gasteiger partial charge in [-0.1, -0.05) is 19.3 Å². The molecule has 0 aromatic carbocycles. The molecule has 1 aliphatic heterocycles. The van der Waals surface area contributed by atoms with E-state index in [2.05, 4.69) is 4.90 Å². The Labute approximate surface area is 115 Å². The van der Waals surface area contributed by atoms with E-state index in [4.69, 9.17) is 9.84 Å². The Morgan fingerprint density at radius 3 is 2.42 bits per heavy atom. The van der Waals surface area contributed by atoms with Crippen molar-refractivity contribution in [1.82, 2.24) is 9.80 Å². The standard InChI is InChI=1S/C14H26N2O3/c17-11-10-15-6-8-16(9-7-15)14(18)12-19-13-4-2-1-3-5-13/h13,17H,1-12H2. The molecule has 0 atom stereocenters. The molecule has 1 saturated heterocycles.